The molecule has 0 spiro atoms. The van der Waals surface area contributed by atoms with Crippen LogP contribution >= 0.6 is 0 Å². The van der Waals surface area contributed by atoms with E-state index in [0.29, 0.717) is 35.3 Å². The van der Waals surface area contributed by atoms with Crippen LogP contribution in [0.1, 0.15) is 22.5 Å². The van der Waals surface area contributed by atoms with Crippen LogP contribution in [-0.2, 0) is 17.8 Å². The summed E-state index contributed by atoms with van der Waals surface area (Å²) in [5, 5.41) is 3.48. The van der Waals surface area contributed by atoms with E-state index in [2.05, 4.69) is 5.32 Å². The second-order valence-electron chi connectivity index (χ2n) is 7.74. The lowest BCUT2D eigenvalue weighted by molar-refractivity contribution is -0.110. The van der Waals surface area contributed by atoms with Crippen molar-refractivity contribution in [3.05, 3.63) is 106 Å². The molecule has 1 aliphatic heterocycles. The Morgan fingerprint density at radius 3 is 2.58 bits per heavy atom. The summed E-state index contributed by atoms with van der Waals surface area (Å²) < 4.78 is 1.67. The Morgan fingerprint density at radius 2 is 1.74 bits per heavy atom. The van der Waals surface area contributed by atoms with E-state index in [-0.39, 0.29) is 11.5 Å². The summed E-state index contributed by atoms with van der Waals surface area (Å²) in [6.45, 7) is 2.47. The van der Waals surface area contributed by atoms with E-state index < -0.39 is 0 Å². The number of fused-ring (bicyclic) bond motifs is 2. The molecule has 1 N–H and O–H groups in total. The topological polar surface area (TPSA) is 64.0 Å². The van der Waals surface area contributed by atoms with Crippen LogP contribution in [0.25, 0.3) is 22.6 Å². The summed E-state index contributed by atoms with van der Waals surface area (Å²) in [6, 6.07) is 23.2. The van der Waals surface area contributed by atoms with Gasteiger partial charge in [0, 0.05) is 17.8 Å². The molecule has 1 aliphatic rings. The van der Waals surface area contributed by atoms with E-state index in [1.54, 1.807) is 16.7 Å². The van der Waals surface area contributed by atoms with Crippen LogP contribution < -0.4 is 10.9 Å². The van der Waals surface area contributed by atoms with Gasteiger partial charge in [0.2, 0.25) is 0 Å². The molecule has 1 amide bonds. The van der Waals surface area contributed by atoms with Gasteiger partial charge in [-0.1, -0.05) is 54.1 Å². The highest BCUT2D eigenvalue weighted by Gasteiger charge is 2.25. The number of aromatic nitrogens is 2. The van der Waals surface area contributed by atoms with Crippen LogP contribution in [0.5, 0.6) is 0 Å². The fourth-order valence-corrected chi connectivity index (χ4v) is 3.97. The lowest BCUT2D eigenvalue weighted by Gasteiger charge is -2.12. The van der Waals surface area contributed by atoms with E-state index >= 15 is 0 Å². The minimum Gasteiger partial charge on any atom is -0.321 e. The third-order valence-corrected chi connectivity index (χ3v) is 5.59. The minimum atomic E-state index is -0.183. The number of rotatable bonds is 4. The second-order valence-corrected chi connectivity index (χ2v) is 7.74. The molecule has 0 saturated carbocycles. The Morgan fingerprint density at radius 1 is 0.968 bits per heavy atom. The summed E-state index contributed by atoms with van der Waals surface area (Å²) in [7, 11) is 0. The summed E-state index contributed by atoms with van der Waals surface area (Å²) in [6.07, 6.45) is 2.43. The molecule has 1 aromatic heterocycles. The number of nitrogens with zero attached hydrogens (tertiary/aromatic N) is 2. The zero-order valence-electron chi connectivity index (χ0n) is 17.1. The van der Waals surface area contributed by atoms with Gasteiger partial charge in [0.05, 0.1) is 16.5 Å². The summed E-state index contributed by atoms with van der Waals surface area (Å²) in [5.74, 6) is 0.303. The van der Waals surface area contributed by atoms with E-state index in [9.17, 15) is 9.59 Å². The van der Waals surface area contributed by atoms with Crippen LogP contribution in [0.2, 0.25) is 0 Å². The van der Waals surface area contributed by atoms with Crippen molar-refractivity contribution in [3.63, 3.8) is 0 Å². The van der Waals surface area contributed by atoms with Gasteiger partial charge >= 0.3 is 0 Å². The van der Waals surface area contributed by atoms with Gasteiger partial charge in [-0.2, -0.15) is 0 Å². The van der Waals surface area contributed by atoms with Gasteiger partial charge < -0.3 is 5.32 Å². The average molecular weight is 407 g/mol. The molecule has 0 atom stereocenters. The molecule has 5 heteroatoms. The first-order chi connectivity index (χ1) is 15.1. The number of carbonyl (C=O) groups is 1. The third-order valence-electron chi connectivity index (χ3n) is 5.59. The van der Waals surface area contributed by atoms with Crippen LogP contribution in [0.15, 0.2) is 77.6 Å². The molecule has 0 saturated heterocycles. The van der Waals surface area contributed by atoms with Crippen molar-refractivity contribution in [2.24, 2.45) is 0 Å². The predicted molar refractivity (Wildman–Crippen MR) is 124 cm³/mol. The smallest absolute Gasteiger partial charge is 0.261 e. The fourth-order valence-electron chi connectivity index (χ4n) is 3.97. The molecule has 0 radical (unpaired) electrons. The number of carbonyl (C=O) groups excluding carboxylic acids is 1. The third kappa shape index (κ3) is 3.55. The molecule has 31 heavy (non-hydrogen) atoms. The van der Waals surface area contributed by atoms with Gasteiger partial charge in [0.1, 0.15) is 5.82 Å². The first kappa shape index (κ1) is 19.0. The number of nitrogens with one attached hydrogen (secondary N) is 1. The molecule has 5 rings (SSSR count). The Balaban J connectivity index is 1.66. The largest absolute Gasteiger partial charge is 0.321 e. The lowest BCUT2D eigenvalue weighted by atomic mass is 10.0. The molecular formula is C26H21N3O2. The highest BCUT2D eigenvalue weighted by Crippen LogP contribution is 2.33. The Bertz CT molecular complexity index is 1400. The first-order valence-electron chi connectivity index (χ1n) is 10.3. The standard InChI is InChI=1S/C26H21N3O2/c1-17-11-12-23-20(15-17)21(25(30)28-23)16-24-27-22-10-6-5-9-19(22)26(31)29(24)14-13-18-7-3-2-4-8-18/h2-12,15-16H,13-14H2,1H3,(H,28,30)/b21-16-. The number of amides is 1. The van der Waals surface area contributed by atoms with Gasteiger partial charge in [-0.3, -0.25) is 14.2 Å². The van der Waals surface area contributed by atoms with Crippen molar-refractivity contribution in [1.82, 2.24) is 9.55 Å². The zero-order valence-corrected chi connectivity index (χ0v) is 17.1. The van der Waals surface area contributed by atoms with Crippen molar-refractivity contribution >= 4 is 34.1 Å². The van der Waals surface area contributed by atoms with Gasteiger partial charge in [-0.15, -0.1) is 0 Å². The molecule has 0 bridgehead atoms. The summed E-state index contributed by atoms with van der Waals surface area (Å²) in [5.41, 5.74) is 4.86. The highest BCUT2D eigenvalue weighted by molar-refractivity contribution is 6.34. The lowest BCUT2D eigenvalue weighted by Crippen LogP contribution is -2.25. The van der Waals surface area contributed by atoms with Gasteiger partial charge in [0.25, 0.3) is 11.5 Å². The van der Waals surface area contributed by atoms with Crippen LogP contribution in [-0.4, -0.2) is 15.5 Å². The number of benzene rings is 3. The van der Waals surface area contributed by atoms with E-state index in [0.717, 1.165) is 22.4 Å². The van der Waals surface area contributed by atoms with Crippen molar-refractivity contribution in [1.29, 1.82) is 0 Å². The summed E-state index contributed by atoms with van der Waals surface area (Å²) >= 11 is 0. The quantitative estimate of drug-likeness (QED) is 0.509. The zero-order chi connectivity index (χ0) is 21.4. The van der Waals surface area contributed by atoms with E-state index in [1.807, 2.05) is 73.7 Å². The second kappa shape index (κ2) is 7.69. The fraction of sp³-hybridized carbons (Fsp3) is 0.115. The van der Waals surface area contributed by atoms with Crippen molar-refractivity contribution in [2.45, 2.75) is 19.9 Å². The molecule has 0 aliphatic carbocycles. The molecule has 4 aromatic rings. The maximum atomic E-state index is 13.3. The van der Waals surface area contributed by atoms with Crippen LogP contribution in [0.4, 0.5) is 5.69 Å². The first-order valence-corrected chi connectivity index (χ1v) is 10.3. The van der Waals surface area contributed by atoms with Crippen LogP contribution in [0, 0.1) is 6.92 Å². The number of hydrogen-bond acceptors (Lipinski definition) is 3. The average Bonchev–Trinajstić information content (AvgIpc) is 3.09. The van der Waals surface area contributed by atoms with Crippen LogP contribution in [0.3, 0.4) is 0 Å². The van der Waals surface area contributed by atoms with Crippen molar-refractivity contribution < 1.29 is 4.79 Å². The maximum Gasteiger partial charge on any atom is 0.261 e. The molecule has 0 fully saturated rings. The van der Waals surface area contributed by atoms with Gasteiger partial charge in [0.15, 0.2) is 0 Å². The number of anilines is 1. The highest BCUT2D eigenvalue weighted by atomic mass is 16.2. The van der Waals surface area contributed by atoms with Gasteiger partial charge in [-0.05, 0) is 49.2 Å². The Hall–Kier alpha value is -3.99. The molecule has 152 valence electrons. The summed E-state index contributed by atoms with van der Waals surface area (Å²) in [4.78, 5) is 30.8. The monoisotopic (exact) mass is 407 g/mol. The van der Waals surface area contributed by atoms with E-state index in [1.165, 1.54) is 0 Å². The molecular weight excluding hydrogens is 386 g/mol. The number of aryl methyl sites for hydroxylation is 2. The SMILES string of the molecule is Cc1ccc2c(c1)/C(=C/c1nc3ccccc3c(=O)n1CCc1ccccc1)C(=O)N2. The maximum absolute atomic E-state index is 13.3. The molecule has 2 heterocycles. The number of para-hydroxylation sites is 1. The number of hydrogen-bond donors (Lipinski definition) is 1. The molecule has 3 aromatic carbocycles. The molecule has 0 unspecified atom stereocenters. The van der Waals surface area contributed by atoms with E-state index in [4.69, 9.17) is 4.98 Å². The normalized spacial score (nSPS) is 14.1. The van der Waals surface area contributed by atoms with Gasteiger partial charge in [-0.25, -0.2) is 4.98 Å². The Kier molecular flexibility index (Phi) is 4.71. The van der Waals surface area contributed by atoms with Crippen molar-refractivity contribution in [3.8, 4) is 0 Å². The Labute approximate surface area is 179 Å². The molecule has 5 nitrogen and oxygen atoms in total. The predicted octanol–water partition coefficient (Wildman–Crippen LogP) is 4.44. The van der Waals surface area contributed by atoms with Crippen molar-refractivity contribution in [2.75, 3.05) is 5.32 Å². The minimum absolute atomic E-state index is 0.101.